The standard InChI is InChI=1S/C16H21N3O4S3/c20-14(12-10-25-15(21)17-12)18-6-3-16(11-18)4-7-19(8-5-16)26(22,23)13-2-1-9-24-13/h1-2,9,12H,3-8,10-11H2,(H,17,21). The summed E-state index contributed by atoms with van der Waals surface area (Å²) in [7, 11) is -3.39. The molecule has 142 valence electrons. The first kappa shape index (κ1) is 18.3. The molecular formula is C16H21N3O4S3. The van der Waals surface area contributed by atoms with Crippen molar-refractivity contribution in [3.05, 3.63) is 17.5 Å². The zero-order chi connectivity index (χ0) is 18.4. The molecule has 1 spiro atoms. The van der Waals surface area contributed by atoms with Crippen molar-refractivity contribution in [2.45, 2.75) is 29.5 Å². The molecule has 1 aromatic rings. The molecule has 3 saturated heterocycles. The van der Waals surface area contributed by atoms with Crippen LogP contribution in [0.25, 0.3) is 0 Å². The predicted octanol–water partition coefficient (Wildman–Crippen LogP) is 1.58. The van der Waals surface area contributed by atoms with E-state index in [1.54, 1.807) is 21.8 Å². The Morgan fingerprint density at radius 3 is 2.58 bits per heavy atom. The zero-order valence-corrected chi connectivity index (χ0v) is 16.7. The number of sulfonamides is 1. The lowest BCUT2D eigenvalue weighted by molar-refractivity contribution is -0.132. The second-order valence-corrected chi connectivity index (χ2v) is 11.2. The maximum atomic E-state index is 12.7. The molecule has 7 nitrogen and oxygen atoms in total. The van der Waals surface area contributed by atoms with Gasteiger partial charge in [0, 0.05) is 31.9 Å². The number of nitrogens with zero attached hydrogens (tertiary/aromatic N) is 2. The highest BCUT2D eigenvalue weighted by Crippen LogP contribution is 2.42. The lowest BCUT2D eigenvalue weighted by Crippen LogP contribution is -2.47. The van der Waals surface area contributed by atoms with Crippen LogP contribution in [0, 0.1) is 5.41 Å². The van der Waals surface area contributed by atoms with Gasteiger partial charge in [-0.25, -0.2) is 8.42 Å². The van der Waals surface area contributed by atoms with Crippen LogP contribution in [0.5, 0.6) is 0 Å². The van der Waals surface area contributed by atoms with Crippen molar-refractivity contribution in [1.82, 2.24) is 14.5 Å². The van der Waals surface area contributed by atoms with Gasteiger partial charge in [0.15, 0.2) is 0 Å². The number of likely N-dealkylation sites (tertiary alicyclic amines) is 1. The number of piperidine rings is 1. The van der Waals surface area contributed by atoms with Gasteiger partial charge in [0.2, 0.25) is 5.91 Å². The quantitative estimate of drug-likeness (QED) is 0.810. The Morgan fingerprint density at radius 2 is 1.96 bits per heavy atom. The van der Waals surface area contributed by atoms with Crippen molar-refractivity contribution in [1.29, 1.82) is 0 Å². The zero-order valence-electron chi connectivity index (χ0n) is 14.2. The Kier molecular flexibility index (Phi) is 4.79. The van der Waals surface area contributed by atoms with Gasteiger partial charge in [-0.15, -0.1) is 11.3 Å². The van der Waals surface area contributed by atoms with Crippen molar-refractivity contribution in [3.8, 4) is 0 Å². The van der Waals surface area contributed by atoms with Crippen LogP contribution in [0.1, 0.15) is 19.3 Å². The maximum Gasteiger partial charge on any atom is 0.279 e. The number of rotatable bonds is 3. The minimum absolute atomic E-state index is 0.00568. The Bertz CT molecular complexity index is 801. The maximum absolute atomic E-state index is 12.7. The number of nitrogens with one attached hydrogen (secondary N) is 1. The van der Waals surface area contributed by atoms with Gasteiger partial charge in [0.1, 0.15) is 10.3 Å². The Labute approximate surface area is 161 Å². The summed E-state index contributed by atoms with van der Waals surface area (Å²) < 4.78 is 27.3. The van der Waals surface area contributed by atoms with Crippen LogP contribution in [0.15, 0.2) is 21.7 Å². The van der Waals surface area contributed by atoms with Crippen LogP contribution < -0.4 is 5.32 Å². The first-order valence-corrected chi connectivity index (χ1v) is 12.0. The summed E-state index contributed by atoms with van der Waals surface area (Å²) in [5.41, 5.74) is 0.00683. The van der Waals surface area contributed by atoms with E-state index in [0.717, 1.165) is 31.0 Å². The van der Waals surface area contributed by atoms with Crippen molar-refractivity contribution in [3.63, 3.8) is 0 Å². The SMILES string of the molecule is O=C1NC(C(=O)N2CCC3(CCN(S(=O)(=O)c4cccs4)CC3)C2)CS1. The molecule has 0 bridgehead atoms. The van der Waals surface area contributed by atoms with E-state index < -0.39 is 16.1 Å². The number of hydrogen-bond acceptors (Lipinski definition) is 6. The van der Waals surface area contributed by atoms with Crippen LogP contribution in [0.4, 0.5) is 4.79 Å². The fourth-order valence-electron chi connectivity index (χ4n) is 4.01. The molecule has 3 aliphatic heterocycles. The molecule has 4 rings (SSSR count). The van der Waals surface area contributed by atoms with E-state index >= 15 is 0 Å². The van der Waals surface area contributed by atoms with E-state index in [0.29, 0.717) is 36.1 Å². The molecule has 0 aliphatic carbocycles. The average molecular weight is 416 g/mol. The van der Waals surface area contributed by atoms with Gasteiger partial charge in [0.05, 0.1) is 0 Å². The summed E-state index contributed by atoms with van der Waals surface area (Å²) in [4.78, 5) is 25.8. The minimum atomic E-state index is -3.39. The fraction of sp³-hybridized carbons (Fsp3) is 0.625. The smallest absolute Gasteiger partial charge is 0.279 e. The van der Waals surface area contributed by atoms with Gasteiger partial charge in [-0.1, -0.05) is 17.8 Å². The molecule has 0 radical (unpaired) electrons. The van der Waals surface area contributed by atoms with Gasteiger partial charge in [-0.05, 0) is 36.1 Å². The molecule has 4 heterocycles. The van der Waals surface area contributed by atoms with E-state index in [4.69, 9.17) is 0 Å². The number of thioether (sulfide) groups is 1. The van der Waals surface area contributed by atoms with E-state index in [9.17, 15) is 18.0 Å². The number of amides is 2. The van der Waals surface area contributed by atoms with Crippen molar-refractivity contribution in [2.75, 3.05) is 31.9 Å². The lowest BCUT2D eigenvalue weighted by Gasteiger charge is -2.38. The molecule has 1 aromatic heterocycles. The molecule has 2 amide bonds. The summed E-state index contributed by atoms with van der Waals surface area (Å²) in [6.07, 6.45) is 2.44. The second kappa shape index (κ2) is 6.81. The summed E-state index contributed by atoms with van der Waals surface area (Å²) in [5, 5.41) is 4.35. The Balaban J connectivity index is 1.37. The molecule has 0 aromatic carbocycles. The summed E-state index contributed by atoms with van der Waals surface area (Å²) >= 11 is 2.40. The minimum Gasteiger partial charge on any atom is -0.340 e. The molecule has 10 heteroatoms. The van der Waals surface area contributed by atoms with Crippen molar-refractivity contribution < 1.29 is 18.0 Å². The molecule has 26 heavy (non-hydrogen) atoms. The lowest BCUT2D eigenvalue weighted by atomic mass is 9.78. The largest absolute Gasteiger partial charge is 0.340 e. The van der Waals surface area contributed by atoms with Gasteiger partial charge >= 0.3 is 0 Å². The van der Waals surface area contributed by atoms with E-state index in [-0.39, 0.29) is 16.6 Å². The summed E-state index contributed by atoms with van der Waals surface area (Å²) in [6, 6.07) is 2.99. The van der Waals surface area contributed by atoms with Crippen LogP contribution in [0.3, 0.4) is 0 Å². The second-order valence-electron chi connectivity index (χ2n) is 7.14. The highest BCUT2D eigenvalue weighted by Gasteiger charge is 2.45. The highest BCUT2D eigenvalue weighted by molar-refractivity contribution is 8.14. The topological polar surface area (TPSA) is 86.8 Å². The molecule has 3 fully saturated rings. The van der Waals surface area contributed by atoms with E-state index in [2.05, 4.69) is 5.32 Å². The third-order valence-corrected chi connectivity index (χ3v) is 9.75. The third kappa shape index (κ3) is 3.28. The molecule has 1 unspecified atom stereocenters. The average Bonchev–Trinajstić information content (AvgIpc) is 3.36. The van der Waals surface area contributed by atoms with Crippen molar-refractivity contribution in [2.24, 2.45) is 5.41 Å². The summed E-state index contributed by atoms with van der Waals surface area (Å²) in [5.74, 6) is 0.488. The molecule has 3 aliphatic rings. The van der Waals surface area contributed by atoms with Crippen LogP contribution in [0.2, 0.25) is 0 Å². The number of carbonyl (C=O) groups excluding carboxylic acids is 2. The Morgan fingerprint density at radius 1 is 1.23 bits per heavy atom. The number of carbonyl (C=O) groups is 2. The molecule has 1 N–H and O–H groups in total. The first-order chi connectivity index (χ1) is 12.4. The monoisotopic (exact) mass is 415 g/mol. The first-order valence-electron chi connectivity index (χ1n) is 8.65. The Hall–Kier alpha value is -1.10. The van der Waals surface area contributed by atoms with E-state index in [1.807, 2.05) is 4.90 Å². The number of thiophene rings is 1. The van der Waals surface area contributed by atoms with Gasteiger partial charge < -0.3 is 10.2 Å². The van der Waals surface area contributed by atoms with Crippen molar-refractivity contribution >= 4 is 44.3 Å². The number of hydrogen-bond donors (Lipinski definition) is 1. The highest BCUT2D eigenvalue weighted by atomic mass is 32.2. The predicted molar refractivity (Wildman–Crippen MR) is 101 cm³/mol. The van der Waals surface area contributed by atoms with Crippen LogP contribution in [-0.4, -0.2) is 66.7 Å². The summed E-state index contributed by atoms with van der Waals surface area (Å²) in [6.45, 7) is 2.35. The fourth-order valence-corrected chi connectivity index (χ4v) is 7.36. The van der Waals surface area contributed by atoms with Crippen LogP contribution in [-0.2, 0) is 14.8 Å². The van der Waals surface area contributed by atoms with Gasteiger partial charge in [-0.2, -0.15) is 4.31 Å². The van der Waals surface area contributed by atoms with Gasteiger partial charge in [-0.3, -0.25) is 9.59 Å². The molecule has 0 saturated carbocycles. The van der Waals surface area contributed by atoms with Gasteiger partial charge in [0.25, 0.3) is 15.3 Å². The molecule has 1 atom stereocenters. The molecular weight excluding hydrogens is 394 g/mol. The van der Waals surface area contributed by atoms with Crippen LogP contribution >= 0.6 is 23.1 Å². The third-order valence-electron chi connectivity index (χ3n) is 5.59. The van der Waals surface area contributed by atoms with E-state index in [1.165, 1.54) is 11.3 Å². The normalized spacial score (nSPS) is 26.4.